The monoisotopic (exact) mass is 237 g/mol. The molecule has 0 aromatic heterocycles. The molecular weight excluding hydrogens is 221 g/mol. The Labute approximate surface area is 99.7 Å². The molecule has 0 spiro atoms. The number of rotatable bonds is 3. The summed E-state index contributed by atoms with van der Waals surface area (Å²) >= 11 is 0. The molecule has 2 rings (SSSR count). The highest BCUT2D eigenvalue weighted by Crippen LogP contribution is 2.27. The number of carbonyl (C=O) groups is 1. The summed E-state index contributed by atoms with van der Waals surface area (Å²) in [6.45, 7) is 1.42. The Morgan fingerprint density at radius 2 is 1.88 bits per heavy atom. The molecular formula is C13H16FNO2. The Morgan fingerprint density at radius 3 is 2.41 bits per heavy atom. The fraction of sp³-hybridized carbons (Fsp3) is 0.462. The van der Waals surface area contributed by atoms with Crippen LogP contribution in [0.2, 0.25) is 0 Å². The van der Waals surface area contributed by atoms with Crippen LogP contribution in [-0.4, -0.2) is 29.8 Å². The highest BCUT2D eigenvalue weighted by molar-refractivity contribution is 5.87. The summed E-state index contributed by atoms with van der Waals surface area (Å²) < 4.78 is 14.4. The molecule has 1 aliphatic heterocycles. The normalized spacial score (nSPS) is 18.9. The molecule has 1 aromatic rings. The number of nitrogens with one attached hydrogen (secondary N) is 1. The van der Waals surface area contributed by atoms with E-state index in [0.717, 1.165) is 5.56 Å². The summed E-state index contributed by atoms with van der Waals surface area (Å²) in [6, 6.07) is 6.46. The number of carboxylic acid groups (broad SMARTS) is 1. The second-order valence-corrected chi connectivity index (χ2v) is 4.58. The van der Waals surface area contributed by atoms with Crippen molar-refractivity contribution in [3.63, 3.8) is 0 Å². The first-order chi connectivity index (χ1) is 8.09. The molecule has 0 aliphatic carbocycles. The topological polar surface area (TPSA) is 49.3 Å². The Bertz CT molecular complexity index is 396. The van der Waals surface area contributed by atoms with Crippen LogP contribution < -0.4 is 5.32 Å². The Kier molecular flexibility index (Phi) is 3.43. The molecule has 1 aliphatic rings. The van der Waals surface area contributed by atoms with Crippen molar-refractivity contribution in [1.29, 1.82) is 0 Å². The third kappa shape index (κ3) is 3.03. The summed E-state index contributed by atoms with van der Waals surface area (Å²) in [5.41, 5.74) is -0.0397. The van der Waals surface area contributed by atoms with Crippen molar-refractivity contribution in [2.75, 3.05) is 13.1 Å². The third-order valence-corrected chi connectivity index (χ3v) is 3.22. The van der Waals surface area contributed by atoms with Gasteiger partial charge in [0.25, 0.3) is 0 Å². The average Bonchev–Trinajstić information content (AvgIpc) is 2.30. The zero-order valence-electron chi connectivity index (χ0n) is 9.58. The van der Waals surface area contributed by atoms with Gasteiger partial charge in [0.1, 0.15) is 5.67 Å². The van der Waals surface area contributed by atoms with E-state index in [0.29, 0.717) is 32.4 Å². The number of aromatic carboxylic acids is 1. The first kappa shape index (κ1) is 12.0. The van der Waals surface area contributed by atoms with E-state index in [4.69, 9.17) is 5.11 Å². The molecule has 2 N–H and O–H groups in total. The molecule has 0 amide bonds. The predicted molar refractivity (Wildman–Crippen MR) is 63.0 cm³/mol. The lowest BCUT2D eigenvalue weighted by atomic mass is 9.87. The largest absolute Gasteiger partial charge is 0.478 e. The maximum atomic E-state index is 14.4. The molecule has 1 fully saturated rings. The van der Waals surface area contributed by atoms with Crippen LogP contribution in [0, 0.1) is 0 Å². The molecule has 1 aromatic carbocycles. The third-order valence-electron chi connectivity index (χ3n) is 3.22. The summed E-state index contributed by atoms with van der Waals surface area (Å²) in [7, 11) is 0. The molecule has 0 unspecified atom stereocenters. The number of halogens is 1. The van der Waals surface area contributed by atoms with Crippen molar-refractivity contribution in [3.8, 4) is 0 Å². The molecule has 0 saturated carbocycles. The number of hydrogen-bond acceptors (Lipinski definition) is 2. The van der Waals surface area contributed by atoms with E-state index in [1.54, 1.807) is 12.1 Å². The zero-order chi connectivity index (χ0) is 12.3. The highest BCUT2D eigenvalue weighted by atomic mass is 19.1. The molecule has 1 saturated heterocycles. The van der Waals surface area contributed by atoms with Gasteiger partial charge in [-0.1, -0.05) is 12.1 Å². The Balaban J connectivity index is 2.05. The summed E-state index contributed by atoms with van der Waals surface area (Å²) in [5.74, 6) is -0.951. The van der Waals surface area contributed by atoms with Gasteiger partial charge in [0, 0.05) is 6.42 Å². The van der Waals surface area contributed by atoms with E-state index in [1.165, 1.54) is 12.1 Å². The van der Waals surface area contributed by atoms with Crippen LogP contribution in [0.15, 0.2) is 24.3 Å². The van der Waals surface area contributed by atoms with Crippen molar-refractivity contribution >= 4 is 5.97 Å². The van der Waals surface area contributed by atoms with Gasteiger partial charge in [-0.3, -0.25) is 0 Å². The van der Waals surface area contributed by atoms with Gasteiger partial charge >= 0.3 is 5.97 Å². The van der Waals surface area contributed by atoms with Crippen molar-refractivity contribution in [3.05, 3.63) is 35.4 Å². The van der Waals surface area contributed by atoms with Crippen LogP contribution in [0.1, 0.15) is 28.8 Å². The molecule has 0 atom stereocenters. The minimum atomic E-state index is -1.14. The van der Waals surface area contributed by atoms with Gasteiger partial charge in [0.2, 0.25) is 0 Å². The van der Waals surface area contributed by atoms with E-state index in [9.17, 15) is 9.18 Å². The SMILES string of the molecule is O=C(O)c1ccc(CC2(F)CCNCC2)cc1. The van der Waals surface area contributed by atoms with Crippen molar-refractivity contribution < 1.29 is 14.3 Å². The second kappa shape index (κ2) is 4.84. The maximum absolute atomic E-state index is 14.4. The van der Waals surface area contributed by atoms with Crippen LogP contribution in [0.25, 0.3) is 0 Å². The highest BCUT2D eigenvalue weighted by Gasteiger charge is 2.31. The van der Waals surface area contributed by atoms with Crippen LogP contribution in [0.5, 0.6) is 0 Å². The Morgan fingerprint density at radius 1 is 1.29 bits per heavy atom. The molecule has 1 heterocycles. The fourth-order valence-corrected chi connectivity index (χ4v) is 2.18. The van der Waals surface area contributed by atoms with Gasteiger partial charge < -0.3 is 10.4 Å². The summed E-state index contributed by atoms with van der Waals surface area (Å²) in [5, 5.41) is 11.9. The summed E-state index contributed by atoms with van der Waals surface area (Å²) in [4.78, 5) is 10.7. The van der Waals surface area contributed by atoms with Gasteiger partial charge in [0.15, 0.2) is 0 Å². The number of benzene rings is 1. The molecule has 4 heteroatoms. The standard InChI is InChI=1S/C13H16FNO2/c14-13(5-7-15-8-6-13)9-10-1-3-11(4-2-10)12(16)17/h1-4,15H,5-9H2,(H,16,17). The summed E-state index contributed by atoms with van der Waals surface area (Å²) in [6.07, 6.45) is 1.41. The predicted octanol–water partition coefficient (Wildman–Crippen LogP) is 2.02. The molecule has 3 nitrogen and oxygen atoms in total. The van der Waals surface area contributed by atoms with Crippen LogP contribution in [0.3, 0.4) is 0 Å². The number of hydrogen-bond donors (Lipinski definition) is 2. The van der Waals surface area contributed by atoms with Gasteiger partial charge in [-0.2, -0.15) is 0 Å². The zero-order valence-corrected chi connectivity index (χ0v) is 9.58. The van der Waals surface area contributed by atoms with Crippen molar-refractivity contribution in [2.45, 2.75) is 24.9 Å². The van der Waals surface area contributed by atoms with Crippen molar-refractivity contribution in [2.24, 2.45) is 0 Å². The molecule has 17 heavy (non-hydrogen) atoms. The minimum Gasteiger partial charge on any atom is -0.478 e. The van der Waals surface area contributed by atoms with Gasteiger partial charge in [-0.15, -0.1) is 0 Å². The van der Waals surface area contributed by atoms with E-state index in [-0.39, 0.29) is 5.56 Å². The Hall–Kier alpha value is -1.42. The molecule has 0 radical (unpaired) electrons. The van der Waals surface area contributed by atoms with Crippen molar-refractivity contribution in [1.82, 2.24) is 5.32 Å². The fourth-order valence-electron chi connectivity index (χ4n) is 2.18. The lowest BCUT2D eigenvalue weighted by Gasteiger charge is -2.30. The smallest absolute Gasteiger partial charge is 0.335 e. The van der Waals surface area contributed by atoms with Gasteiger partial charge in [0.05, 0.1) is 5.56 Å². The lowest BCUT2D eigenvalue weighted by molar-refractivity contribution is 0.0697. The minimum absolute atomic E-state index is 0.243. The van der Waals surface area contributed by atoms with E-state index in [2.05, 4.69) is 5.32 Å². The van der Waals surface area contributed by atoms with Crippen LogP contribution in [-0.2, 0) is 6.42 Å². The molecule has 0 bridgehead atoms. The van der Waals surface area contributed by atoms with Gasteiger partial charge in [-0.05, 0) is 43.6 Å². The lowest BCUT2D eigenvalue weighted by Crippen LogP contribution is -2.40. The van der Waals surface area contributed by atoms with Crippen LogP contribution in [0.4, 0.5) is 4.39 Å². The number of piperidine rings is 1. The quantitative estimate of drug-likeness (QED) is 0.845. The first-order valence-electron chi connectivity index (χ1n) is 5.81. The van der Waals surface area contributed by atoms with Gasteiger partial charge in [-0.25, -0.2) is 9.18 Å². The van der Waals surface area contributed by atoms with Crippen LogP contribution >= 0.6 is 0 Å². The van der Waals surface area contributed by atoms with E-state index in [1.807, 2.05) is 0 Å². The average molecular weight is 237 g/mol. The maximum Gasteiger partial charge on any atom is 0.335 e. The number of carboxylic acids is 1. The molecule has 92 valence electrons. The second-order valence-electron chi connectivity index (χ2n) is 4.58. The van der Waals surface area contributed by atoms with E-state index < -0.39 is 11.6 Å². The number of alkyl halides is 1. The first-order valence-corrected chi connectivity index (χ1v) is 5.81. The van der Waals surface area contributed by atoms with E-state index >= 15 is 0 Å².